The lowest BCUT2D eigenvalue weighted by Gasteiger charge is -2.03. The number of aryl methyl sites for hydroxylation is 1. The van der Waals surface area contributed by atoms with Crippen molar-refractivity contribution in [3.8, 4) is 0 Å². The van der Waals surface area contributed by atoms with Crippen molar-refractivity contribution in [2.45, 2.75) is 25.7 Å². The van der Waals surface area contributed by atoms with Crippen LogP contribution in [0.5, 0.6) is 0 Å². The molecule has 0 unspecified atom stereocenters. The second-order valence-corrected chi connectivity index (χ2v) is 3.48. The largest absolute Gasteiger partial charge is 0.0590 e. The van der Waals surface area contributed by atoms with Gasteiger partial charge in [-0.05, 0) is 43.7 Å². The normalized spacial score (nSPS) is 16.9. The summed E-state index contributed by atoms with van der Waals surface area (Å²) in [6, 6.07) is 6.59. The van der Waals surface area contributed by atoms with Gasteiger partial charge in [0.25, 0.3) is 0 Å². The minimum absolute atomic E-state index is 0.836. The molecule has 0 heterocycles. The highest BCUT2D eigenvalue weighted by molar-refractivity contribution is 5.37. The number of benzene rings is 1. The molecule has 1 aliphatic carbocycles. The molecule has 0 saturated heterocycles. The maximum Gasteiger partial charge on any atom is -0.0159 e. The minimum Gasteiger partial charge on any atom is -0.0590 e. The minimum atomic E-state index is 0.836. The van der Waals surface area contributed by atoms with E-state index in [1.807, 2.05) is 0 Å². The van der Waals surface area contributed by atoms with Crippen LogP contribution in [0.15, 0.2) is 18.2 Å². The van der Waals surface area contributed by atoms with E-state index in [0.29, 0.717) is 0 Å². The maximum absolute atomic E-state index is 4.04. The smallest absolute Gasteiger partial charge is 0.0159 e. The highest BCUT2D eigenvalue weighted by atomic mass is 14.3. The van der Waals surface area contributed by atoms with Crippen LogP contribution >= 0.6 is 0 Å². The Balaban J connectivity index is 2.39. The van der Waals surface area contributed by atoms with E-state index >= 15 is 0 Å². The van der Waals surface area contributed by atoms with Crippen molar-refractivity contribution in [1.29, 1.82) is 0 Å². The Kier molecular flexibility index (Phi) is 1.49. The van der Waals surface area contributed by atoms with Crippen molar-refractivity contribution in [2.75, 3.05) is 0 Å². The van der Waals surface area contributed by atoms with E-state index in [1.165, 1.54) is 29.5 Å². The Morgan fingerprint density at radius 2 is 2.09 bits per heavy atom. The fourth-order valence-corrected chi connectivity index (χ4v) is 1.53. The molecule has 1 aromatic rings. The third-order valence-corrected chi connectivity index (χ3v) is 2.32. The zero-order valence-electron chi connectivity index (χ0n) is 6.93. The molecule has 0 heteroatoms. The Morgan fingerprint density at radius 3 is 2.64 bits per heavy atom. The van der Waals surface area contributed by atoms with Crippen LogP contribution in [0.4, 0.5) is 0 Å². The first-order valence-corrected chi connectivity index (χ1v) is 4.20. The van der Waals surface area contributed by atoms with E-state index in [2.05, 4.69) is 32.0 Å². The van der Waals surface area contributed by atoms with Crippen LogP contribution in [-0.4, -0.2) is 0 Å². The highest BCUT2D eigenvalue weighted by Crippen LogP contribution is 2.41. The first-order valence-electron chi connectivity index (χ1n) is 4.20. The Labute approximate surface area is 68.3 Å². The summed E-state index contributed by atoms with van der Waals surface area (Å²) in [7, 11) is 0. The standard InChI is InChI=1S/C11H13/c1-8-3-6-11(9(2)7-8)10-4-5-10/h3,6-7,10H,2,4-5H2,1H3. The lowest BCUT2D eigenvalue weighted by molar-refractivity contribution is 1.11. The molecule has 0 atom stereocenters. The van der Waals surface area contributed by atoms with Crippen LogP contribution in [0.3, 0.4) is 0 Å². The van der Waals surface area contributed by atoms with E-state index in [0.717, 1.165) is 5.92 Å². The van der Waals surface area contributed by atoms with Gasteiger partial charge in [0.15, 0.2) is 0 Å². The predicted octanol–water partition coefficient (Wildman–Crippen LogP) is 3.05. The molecule has 1 aliphatic rings. The first-order chi connectivity index (χ1) is 5.27. The molecule has 11 heavy (non-hydrogen) atoms. The molecule has 0 spiro atoms. The summed E-state index contributed by atoms with van der Waals surface area (Å²) in [5.41, 5.74) is 4.02. The Bertz CT molecular complexity index is 269. The zero-order valence-corrected chi connectivity index (χ0v) is 6.93. The molecule has 2 rings (SSSR count). The summed E-state index contributed by atoms with van der Waals surface area (Å²) in [5, 5.41) is 0. The molecule has 0 nitrogen and oxygen atoms in total. The summed E-state index contributed by atoms with van der Waals surface area (Å²) >= 11 is 0. The van der Waals surface area contributed by atoms with Crippen LogP contribution in [0.25, 0.3) is 0 Å². The predicted molar refractivity (Wildman–Crippen MR) is 47.6 cm³/mol. The fraction of sp³-hybridized carbons (Fsp3) is 0.364. The van der Waals surface area contributed by atoms with Gasteiger partial charge in [0.05, 0.1) is 0 Å². The summed E-state index contributed by atoms with van der Waals surface area (Å²) in [6.07, 6.45) is 2.73. The Morgan fingerprint density at radius 1 is 1.36 bits per heavy atom. The molecular weight excluding hydrogens is 132 g/mol. The molecule has 1 radical (unpaired) electrons. The zero-order chi connectivity index (χ0) is 7.84. The van der Waals surface area contributed by atoms with Gasteiger partial charge in [-0.25, -0.2) is 0 Å². The van der Waals surface area contributed by atoms with E-state index in [9.17, 15) is 0 Å². The molecule has 1 saturated carbocycles. The van der Waals surface area contributed by atoms with Gasteiger partial charge >= 0.3 is 0 Å². The van der Waals surface area contributed by atoms with Gasteiger partial charge < -0.3 is 0 Å². The van der Waals surface area contributed by atoms with Crippen LogP contribution in [0.1, 0.15) is 35.4 Å². The van der Waals surface area contributed by atoms with Gasteiger partial charge in [0.2, 0.25) is 0 Å². The summed E-state index contributed by atoms with van der Waals surface area (Å²) in [6.45, 7) is 6.16. The van der Waals surface area contributed by atoms with Gasteiger partial charge in [0, 0.05) is 0 Å². The molecule has 0 aliphatic heterocycles. The van der Waals surface area contributed by atoms with Crippen molar-refractivity contribution >= 4 is 0 Å². The topological polar surface area (TPSA) is 0 Å². The van der Waals surface area contributed by atoms with E-state index in [1.54, 1.807) is 0 Å². The van der Waals surface area contributed by atoms with Gasteiger partial charge in [-0.3, -0.25) is 0 Å². The first kappa shape index (κ1) is 6.90. The molecule has 57 valence electrons. The molecule has 1 aromatic carbocycles. The highest BCUT2D eigenvalue weighted by Gasteiger charge is 2.24. The van der Waals surface area contributed by atoms with Gasteiger partial charge in [-0.15, -0.1) is 0 Å². The van der Waals surface area contributed by atoms with E-state index in [-0.39, 0.29) is 0 Å². The number of hydrogen-bond donors (Lipinski definition) is 0. The molecule has 0 amide bonds. The van der Waals surface area contributed by atoms with Crippen LogP contribution in [0, 0.1) is 13.8 Å². The SMILES string of the molecule is [CH2]c1cc(C)ccc1C1CC1. The second-order valence-electron chi connectivity index (χ2n) is 3.48. The molecule has 0 aromatic heterocycles. The maximum atomic E-state index is 4.04. The van der Waals surface area contributed by atoms with Crippen molar-refractivity contribution in [2.24, 2.45) is 0 Å². The fourth-order valence-electron chi connectivity index (χ4n) is 1.53. The van der Waals surface area contributed by atoms with Gasteiger partial charge in [-0.1, -0.05) is 23.8 Å². The lowest BCUT2D eigenvalue weighted by Crippen LogP contribution is -1.85. The third kappa shape index (κ3) is 1.30. The van der Waals surface area contributed by atoms with Crippen molar-refractivity contribution in [3.63, 3.8) is 0 Å². The third-order valence-electron chi connectivity index (χ3n) is 2.32. The molecule has 1 fully saturated rings. The van der Waals surface area contributed by atoms with Crippen LogP contribution < -0.4 is 0 Å². The van der Waals surface area contributed by atoms with Crippen LogP contribution in [0.2, 0.25) is 0 Å². The summed E-state index contributed by atoms with van der Waals surface area (Å²) in [5.74, 6) is 0.836. The quantitative estimate of drug-likeness (QED) is 0.569. The summed E-state index contributed by atoms with van der Waals surface area (Å²) in [4.78, 5) is 0. The lowest BCUT2D eigenvalue weighted by atomic mass is 10.0. The van der Waals surface area contributed by atoms with Gasteiger partial charge in [0.1, 0.15) is 0 Å². The molecule has 0 N–H and O–H groups in total. The average molecular weight is 145 g/mol. The van der Waals surface area contributed by atoms with Gasteiger partial charge in [-0.2, -0.15) is 0 Å². The van der Waals surface area contributed by atoms with E-state index < -0.39 is 0 Å². The van der Waals surface area contributed by atoms with Crippen molar-refractivity contribution in [1.82, 2.24) is 0 Å². The summed E-state index contributed by atoms with van der Waals surface area (Å²) < 4.78 is 0. The second kappa shape index (κ2) is 2.37. The monoisotopic (exact) mass is 145 g/mol. The average Bonchev–Trinajstić information content (AvgIpc) is 2.70. The van der Waals surface area contributed by atoms with E-state index in [4.69, 9.17) is 0 Å². The molecule has 0 bridgehead atoms. The van der Waals surface area contributed by atoms with Crippen molar-refractivity contribution in [3.05, 3.63) is 41.8 Å². The number of rotatable bonds is 1. The van der Waals surface area contributed by atoms with Crippen molar-refractivity contribution < 1.29 is 0 Å². The number of hydrogen-bond acceptors (Lipinski definition) is 0. The van der Waals surface area contributed by atoms with Crippen LogP contribution in [-0.2, 0) is 0 Å². The molecular formula is C11H13. The Hall–Kier alpha value is -0.780.